The highest BCUT2D eigenvalue weighted by Gasteiger charge is 2.16. The van der Waals surface area contributed by atoms with Gasteiger partial charge in [-0.1, -0.05) is 73.3 Å². The Balaban J connectivity index is 2.23. The van der Waals surface area contributed by atoms with Gasteiger partial charge < -0.3 is 4.74 Å². The van der Waals surface area contributed by atoms with Crippen LogP contribution in [0.2, 0.25) is 0 Å². The Morgan fingerprint density at radius 2 is 1.30 bits per heavy atom. The monoisotopic (exact) mass is 319 g/mol. The van der Waals surface area contributed by atoms with Gasteiger partial charge in [0.25, 0.3) is 0 Å². The first-order valence-electron chi connectivity index (χ1n) is 7.54. The van der Waals surface area contributed by atoms with E-state index in [0.29, 0.717) is 6.61 Å². The third-order valence-electron chi connectivity index (χ3n) is 3.60. The first kappa shape index (κ1) is 15.4. The number of hydrogen-bond donors (Lipinski definition) is 0. The lowest BCUT2D eigenvalue weighted by Gasteiger charge is -2.16. The summed E-state index contributed by atoms with van der Waals surface area (Å²) in [5.41, 5.74) is 4.39. The van der Waals surface area contributed by atoms with Gasteiger partial charge in [-0.05, 0) is 23.8 Å². The second-order valence-electron chi connectivity index (χ2n) is 5.23. The molecule has 3 aromatic carbocycles. The van der Waals surface area contributed by atoms with E-state index in [9.17, 15) is 0 Å². The van der Waals surface area contributed by atoms with Crippen LogP contribution in [0.25, 0.3) is 22.3 Å². The van der Waals surface area contributed by atoms with Gasteiger partial charge in [-0.3, -0.25) is 0 Å². The minimum Gasteiger partial charge on any atom is -0.488 e. The van der Waals surface area contributed by atoms with Gasteiger partial charge in [-0.2, -0.15) is 0 Å². The number of benzene rings is 3. The van der Waals surface area contributed by atoms with Gasteiger partial charge in [0, 0.05) is 23.3 Å². The van der Waals surface area contributed by atoms with Gasteiger partial charge in [0.2, 0.25) is 0 Å². The number of hydrogen-bond acceptors (Lipinski definition) is 1. The predicted octanol–water partition coefficient (Wildman–Crippen LogP) is 4.96. The molecule has 0 fully saturated rings. The summed E-state index contributed by atoms with van der Waals surface area (Å²) in [6.07, 6.45) is 1.77. The highest BCUT2D eigenvalue weighted by molar-refractivity contribution is 7.58. The van der Waals surface area contributed by atoms with Crippen LogP contribution < -0.4 is 4.74 Å². The van der Waals surface area contributed by atoms with Gasteiger partial charge in [0.1, 0.15) is 12.4 Å². The highest BCUT2D eigenvalue weighted by atomic mass is 32.1. The van der Waals surface area contributed by atoms with Crippen LogP contribution in [0, 0.1) is 0 Å². The average molecular weight is 319 g/mol. The lowest BCUT2D eigenvalue weighted by Crippen LogP contribution is -1.98. The Kier molecular flexibility index (Phi) is 4.84. The van der Waals surface area contributed by atoms with Crippen LogP contribution in [0.1, 0.15) is 0 Å². The summed E-state index contributed by atoms with van der Waals surface area (Å²) >= 11 is 3.69. The van der Waals surface area contributed by atoms with E-state index < -0.39 is 0 Å². The van der Waals surface area contributed by atoms with E-state index in [2.05, 4.69) is 55.6 Å². The van der Waals surface area contributed by atoms with Crippen molar-refractivity contribution in [1.29, 1.82) is 0 Å². The molecule has 3 rings (SSSR count). The van der Waals surface area contributed by atoms with E-state index >= 15 is 0 Å². The Labute approximate surface area is 142 Å². The summed E-state index contributed by atoms with van der Waals surface area (Å²) in [5, 5.41) is 0. The van der Waals surface area contributed by atoms with Gasteiger partial charge >= 0.3 is 0 Å². The van der Waals surface area contributed by atoms with Crippen molar-refractivity contribution in [2.24, 2.45) is 0 Å². The normalized spacial score (nSPS) is 10.3. The van der Waals surface area contributed by atoms with Crippen molar-refractivity contribution >= 4 is 12.6 Å². The van der Waals surface area contributed by atoms with Gasteiger partial charge in [0.05, 0.1) is 0 Å². The second kappa shape index (κ2) is 7.21. The Hall–Kier alpha value is -2.45. The van der Waals surface area contributed by atoms with Crippen LogP contribution >= 0.6 is 0 Å². The molecule has 0 aromatic heterocycles. The smallest absolute Gasteiger partial charge is 0.151 e. The molecule has 0 unspecified atom stereocenters. The van der Waals surface area contributed by atoms with Crippen LogP contribution in [-0.2, 0) is 12.6 Å². The molecule has 0 N–H and O–H groups in total. The summed E-state index contributed by atoms with van der Waals surface area (Å²) in [5.74, 6) is 0.879. The molecule has 0 spiro atoms. The van der Waals surface area contributed by atoms with Crippen molar-refractivity contribution in [3.05, 3.63) is 85.5 Å². The molecule has 114 valence electrons. The standard InChI is InChI=1S/C21H18OS/c1-2-13-22-21-19(16-9-5-3-6-10-16)14-18(23)15-20(21)17-11-7-4-8-12-17/h2-12,14-15,23H,1,13H2/p+1. The molecule has 0 heterocycles. The predicted molar refractivity (Wildman–Crippen MR) is 101 cm³/mol. The van der Waals surface area contributed by atoms with Crippen LogP contribution in [0.15, 0.2) is 90.3 Å². The first-order chi connectivity index (χ1) is 11.3. The fourth-order valence-corrected chi connectivity index (χ4v) is 2.88. The lowest BCUT2D eigenvalue weighted by atomic mass is 9.97. The zero-order valence-corrected chi connectivity index (χ0v) is 13.8. The molecule has 23 heavy (non-hydrogen) atoms. The zero-order valence-electron chi connectivity index (χ0n) is 12.8. The second-order valence-corrected chi connectivity index (χ2v) is 5.81. The van der Waals surface area contributed by atoms with Gasteiger partial charge in [-0.15, -0.1) is 0 Å². The van der Waals surface area contributed by atoms with Crippen molar-refractivity contribution < 1.29 is 4.74 Å². The fraction of sp³-hybridized carbons (Fsp3) is 0.0476. The largest absolute Gasteiger partial charge is 0.488 e. The molecular formula is C21H19OS+. The SMILES string of the molecule is C=CCOc1c(-c2ccccc2)cc([SH2+])cc1-c1ccccc1. The fourth-order valence-electron chi connectivity index (χ4n) is 2.59. The molecule has 0 saturated carbocycles. The van der Waals surface area contributed by atoms with Crippen LogP contribution in [0.3, 0.4) is 0 Å². The van der Waals surface area contributed by atoms with Crippen molar-refractivity contribution in [2.75, 3.05) is 6.61 Å². The van der Waals surface area contributed by atoms with Gasteiger partial charge in [-0.25, -0.2) is 0 Å². The minimum atomic E-state index is 0.473. The molecule has 0 aliphatic carbocycles. The molecule has 0 aliphatic heterocycles. The summed E-state index contributed by atoms with van der Waals surface area (Å²) < 4.78 is 6.04. The zero-order chi connectivity index (χ0) is 16.1. The van der Waals surface area contributed by atoms with E-state index in [0.717, 1.165) is 32.9 Å². The third kappa shape index (κ3) is 3.49. The van der Waals surface area contributed by atoms with Gasteiger partial charge in [0.15, 0.2) is 4.90 Å². The average Bonchev–Trinajstić information content (AvgIpc) is 2.61. The lowest BCUT2D eigenvalue weighted by molar-refractivity contribution is 0.366. The first-order valence-corrected chi connectivity index (χ1v) is 8.04. The Bertz CT molecular complexity index is 734. The molecule has 0 saturated heterocycles. The summed E-state index contributed by atoms with van der Waals surface area (Å²) in [4.78, 5) is 1.02. The molecule has 0 bridgehead atoms. The summed E-state index contributed by atoms with van der Waals surface area (Å²) in [7, 11) is 0. The van der Waals surface area contributed by atoms with E-state index in [4.69, 9.17) is 4.74 Å². The molecule has 2 heteroatoms. The third-order valence-corrected chi connectivity index (χ3v) is 3.89. The van der Waals surface area contributed by atoms with E-state index in [1.54, 1.807) is 6.08 Å². The van der Waals surface area contributed by atoms with E-state index in [-0.39, 0.29) is 0 Å². The van der Waals surface area contributed by atoms with Crippen LogP contribution in [-0.4, -0.2) is 6.61 Å². The molecule has 3 aromatic rings. The molecular weight excluding hydrogens is 300 g/mol. The molecule has 0 radical (unpaired) electrons. The van der Waals surface area contributed by atoms with Crippen LogP contribution in [0.4, 0.5) is 0 Å². The number of rotatable bonds is 5. The maximum Gasteiger partial charge on any atom is 0.151 e. The summed E-state index contributed by atoms with van der Waals surface area (Å²) in [6.45, 7) is 4.24. The quantitative estimate of drug-likeness (QED) is 0.477. The topological polar surface area (TPSA) is 9.23 Å². The maximum atomic E-state index is 6.04. The highest BCUT2D eigenvalue weighted by Crippen LogP contribution is 2.40. The molecule has 0 aliphatic rings. The van der Waals surface area contributed by atoms with E-state index in [1.807, 2.05) is 36.4 Å². The Morgan fingerprint density at radius 3 is 1.74 bits per heavy atom. The van der Waals surface area contributed by atoms with Crippen molar-refractivity contribution in [2.45, 2.75) is 4.90 Å². The van der Waals surface area contributed by atoms with E-state index in [1.165, 1.54) is 0 Å². The maximum absolute atomic E-state index is 6.04. The Morgan fingerprint density at radius 1 is 0.826 bits per heavy atom. The minimum absolute atomic E-state index is 0.473. The molecule has 0 amide bonds. The van der Waals surface area contributed by atoms with Crippen LogP contribution in [0.5, 0.6) is 5.75 Å². The number of ether oxygens (including phenoxy) is 1. The molecule has 1 nitrogen and oxygen atoms in total. The molecule has 0 atom stereocenters. The summed E-state index contributed by atoms with van der Waals surface area (Å²) in [6, 6.07) is 24.7. The van der Waals surface area contributed by atoms with Crippen molar-refractivity contribution in [1.82, 2.24) is 0 Å². The van der Waals surface area contributed by atoms with Crippen molar-refractivity contribution in [3.8, 4) is 28.0 Å². The van der Waals surface area contributed by atoms with Crippen molar-refractivity contribution in [3.63, 3.8) is 0 Å².